The number of nitrogens with zero attached hydrogens (tertiary/aromatic N) is 1. The molecule has 1 amide bonds. The molecule has 0 saturated heterocycles. The van der Waals surface area contributed by atoms with Gasteiger partial charge in [-0.25, -0.2) is 0 Å². The highest BCUT2D eigenvalue weighted by Gasteiger charge is 2.27. The number of ether oxygens (including phenoxy) is 3. The monoisotopic (exact) mass is 417 g/mol. The van der Waals surface area contributed by atoms with Gasteiger partial charge in [0, 0.05) is 6.54 Å². The Morgan fingerprint density at radius 2 is 1.74 bits per heavy atom. The Bertz CT molecular complexity index is 1030. The third-order valence-corrected chi connectivity index (χ3v) is 5.77. The van der Waals surface area contributed by atoms with Crippen LogP contribution in [0, 0.1) is 0 Å². The minimum Gasteiger partial charge on any atom is -0.493 e. The molecule has 0 spiro atoms. The predicted molar refractivity (Wildman–Crippen MR) is 120 cm³/mol. The van der Waals surface area contributed by atoms with Crippen LogP contribution < -0.4 is 14.2 Å². The van der Waals surface area contributed by atoms with Crippen molar-refractivity contribution in [1.82, 2.24) is 4.90 Å². The lowest BCUT2D eigenvalue weighted by atomic mass is 9.89. The van der Waals surface area contributed by atoms with Crippen LogP contribution in [0.2, 0.25) is 0 Å². The van der Waals surface area contributed by atoms with Gasteiger partial charge < -0.3 is 19.1 Å². The molecule has 4 rings (SSSR count). The standard InChI is InChI=1S/C26H27NO4/c1-29-25-11-8-20(15-26(25)30-2)14-24-23-10-9-22(16-21(23)12-13-27(24)18-28)31-17-19-6-4-3-5-7-19/h3-11,15-16,18,24H,12-14,17H2,1-2H3. The largest absolute Gasteiger partial charge is 0.493 e. The summed E-state index contributed by atoms with van der Waals surface area (Å²) in [7, 11) is 3.26. The van der Waals surface area contributed by atoms with E-state index < -0.39 is 0 Å². The smallest absolute Gasteiger partial charge is 0.210 e. The average Bonchev–Trinajstić information content (AvgIpc) is 2.83. The van der Waals surface area contributed by atoms with Crippen molar-refractivity contribution in [2.45, 2.75) is 25.5 Å². The lowest BCUT2D eigenvalue weighted by Crippen LogP contribution is -2.35. The molecule has 0 aliphatic carbocycles. The van der Waals surface area contributed by atoms with Crippen molar-refractivity contribution in [3.8, 4) is 17.2 Å². The van der Waals surface area contributed by atoms with Gasteiger partial charge in [-0.15, -0.1) is 0 Å². The Labute approximate surface area is 183 Å². The average molecular weight is 418 g/mol. The number of fused-ring (bicyclic) bond motifs is 1. The third-order valence-electron chi connectivity index (χ3n) is 5.77. The molecule has 1 aliphatic heterocycles. The van der Waals surface area contributed by atoms with Crippen LogP contribution in [0.5, 0.6) is 17.2 Å². The Morgan fingerprint density at radius 3 is 2.48 bits per heavy atom. The van der Waals surface area contributed by atoms with Crippen LogP contribution >= 0.6 is 0 Å². The van der Waals surface area contributed by atoms with Crippen molar-refractivity contribution >= 4 is 6.41 Å². The van der Waals surface area contributed by atoms with Gasteiger partial charge >= 0.3 is 0 Å². The van der Waals surface area contributed by atoms with E-state index in [1.807, 2.05) is 47.4 Å². The SMILES string of the molecule is COc1ccc(CC2c3ccc(OCc4ccccc4)cc3CCN2C=O)cc1OC. The van der Waals surface area contributed by atoms with Crippen LogP contribution in [-0.4, -0.2) is 32.1 Å². The maximum absolute atomic E-state index is 11.8. The maximum atomic E-state index is 11.8. The molecular weight excluding hydrogens is 390 g/mol. The molecule has 0 saturated carbocycles. The van der Waals surface area contributed by atoms with Gasteiger partial charge in [0.15, 0.2) is 11.5 Å². The first-order chi connectivity index (χ1) is 15.2. The zero-order valence-corrected chi connectivity index (χ0v) is 17.9. The first-order valence-electron chi connectivity index (χ1n) is 10.4. The number of carbonyl (C=O) groups is 1. The molecule has 1 atom stereocenters. The zero-order chi connectivity index (χ0) is 21.6. The molecule has 3 aromatic carbocycles. The van der Waals surface area contributed by atoms with Crippen molar-refractivity contribution in [1.29, 1.82) is 0 Å². The highest BCUT2D eigenvalue weighted by Crippen LogP contribution is 2.36. The third kappa shape index (κ3) is 4.66. The van der Waals surface area contributed by atoms with E-state index in [-0.39, 0.29) is 6.04 Å². The molecule has 0 N–H and O–H groups in total. The predicted octanol–water partition coefficient (Wildman–Crippen LogP) is 4.58. The quantitative estimate of drug-likeness (QED) is 0.504. The highest BCUT2D eigenvalue weighted by atomic mass is 16.5. The molecule has 0 bridgehead atoms. The van der Waals surface area contributed by atoms with Crippen LogP contribution in [0.25, 0.3) is 0 Å². The van der Waals surface area contributed by atoms with Gasteiger partial charge in [-0.05, 0) is 59.4 Å². The number of benzene rings is 3. The van der Waals surface area contributed by atoms with Gasteiger partial charge in [-0.1, -0.05) is 42.5 Å². The summed E-state index contributed by atoms with van der Waals surface area (Å²) in [5.74, 6) is 2.24. The first-order valence-corrected chi connectivity index (χ1v) is 10.4. The Hall–Kier alpha value is -3.47. The fourth-order valence-corrected chi connectivity index (χ4v) is 4.12. The summed E-state index contributed by atoms with van der Waals surface area (Å²) in [5.41, 5.74) is 4.62. The van der Waals surface area contributed by atoms with Crippen molar-refractivity contribution in [2.75, 3.05) is 20.8 Å². The lowest BCUT2D eigenvalue weighted by molar-refractivity contribution is -0.120. The van der Waals surface area contributed by atoms with Crippen LogP contribution in [-0.2, 0) is 24.2 Å². The second kappa shape index (κ2) is 9.56. The van der Waals surface area contributed by atoms with Gasteiger partial charge in [0.25, 0.3) is 0 Å². The molecule has 1 heterocycles. The van der Waals surface area contributed by atoms with Gasteiger partial charge in [0.2, 0.25) is 6.41 Å². The molecule has 5 nitrogen and oxygen atoms in total. The van der Waals surface area contributed by atoms with E-state index in [1.54, 1.807) is 14.2 Å². The molecule has 1 aliphatic rings. The normalized spacial score (nSPS) is 15.2. The minimum absolute atomic E-state index is 0.0254. The van der Waals surface area contributed by atoms with E-state index >= 15 is 0 Å². The number of hydrogen-bond acceptors (Lipinski definition) is 4. The highest BCUT2D eigenvalue weighted by molar-refractivity contribution is 5.53. The molecule has 0 radical (unpaired) electrons. The van der Waals surface area contributed by atoms with E-state index in [9.17, 15) is 4.79 Å². The minimum atomic E-state index is -0.0254. The van der Waals surface area contributed by atoms with Crippen molar-refractivity contribution in [3.05, 3.63) is 89.0 Å². The molecule has 0 aromatic heterocycles. The second-order valence-corrected chi connectivity index (χ2v) is 7.64. The van der Waals surface area contributed by atoms with Crippen LogP contribution in [0.4, 0.5) is 0 Å². The maximum Gasteiger partial charge on any atom is 0.210 e. The van der Waals surface area contributed by atoms with Crippen molar-refractivity contribution in [3.63, 3.8) is 0 Å². The van der Waals surface area contributed by atoms with E-state index in [1.165, 1.54) is 11.1 Å². The number of amides is 1. The summed E-state index contributed by atoms with van der Waals surface area (Å²) >= 11 is 0. The Morgan fingerprint density at radius 1 is 0.935 bits per heavy atom. The molecule has 5 heteroatoms. The van der Waals surface area contributed by atoms with Gasteiger partial charge in [0.05, 0.1) is 20.3 Å². The first kappa shape index (κ1) is 20.8. The molecule has 3 aromatic rings. The topological polar surface area (TPSA) is 48.0 Å². The van der Waals surface area contributed by atoms with Gasteiger partial charge in [-0.3, -0.25) is 4.79 Å². The van der Waals surface area contributed by atoms with E-state index in [4.69, 9.17) is 14.2 Å². The zero-order valence-electron chi connectivity index (χ0n) is 17.9. The summed E-state index contributed by atoms with van der Waals surface area (Å²) in [6, 6.07) is 22.2. The van der Waals surface area contributed by atoms with Crippen LogP contribution in [0.3, 0.4) is 0 Å². The molecule has 0 fully saturated rings. The number of methoxy groups -OCH3 is 2. The summed E-state index contributed by atoms with van der Waals surface area (Å²) < 4.78 is 16.8. The second-order valence-electron chi connectivity index (χ2n) is 7.64. The van der Waals surface area contributed by atoms with E-state index in [2.05, 4.69) is 24.3 Å². The van der Waals surface area contributed by atoms with Crippen molar-refractivity contribution < 1.29 is 19.0 Å². The summed E-state index contributed by atoms with van der Waals surface area (Å²) in [6.45, 7) is 1.23. The number of hydrogen-bond donors (Lipinski definition) is 0. The summed E-state index contributed by atoms with van der Waals surface area (Å²) in [5, 5.41) is 0. The summed E-state index contributed by atoms with van der Waals surface area (Å²) in [4.78, 5) is 13.7. The lowest BCUT2D eigenvalue weighted by Gasteiger charge is -2.35. The Kier molecular flexibility index (Phi) is 6.41. The van der Waals surface area contributed by atoms with Crippen molar-refractivity contribution in [2.24, 2.45) is 0 Å². The Balaban J connectivity index is 1.55. The number of rotatable bonds is 8. The molecule has 1 unspecified atom stereocenters. The van der Waals surface area contributed by atoms with Gasteiger partial charge in [0.1, 0.15) is 12.4 Å². The fourth-order valence-electron chi connectivity index (χ4n) is 4.12. The molecule has 31 heavy (non-hydrogen) atoms. The van der Waals surface area contributed by atoms with Crippen LogP contribution in [0.1, 0.15) is 28.3 Å². The molecular formula is C26H27NO4. The number of carbonyl (C=O) groups excluding carboxylic acids is 1. The van der Waals surface area contributed by atoms with Crippen LogP contribution in [0.15, 0.2) is 66.7 Å². The fraction of sp³-hybridized carbons (Fsp3) is 0.269. The molecule has 160 valence electrons. The summed E-state index contributed by atoms with van der Waals surface area (Å²) in [6.07, 6.45) is 2.48. The van der Waals surface area contributed by atoms with E-state index in [0.717, 1.165) is 29.7 Å². The van der Waals surface area contributed by atoms with E-state index in [0.29, 0.717) is 31.1 Å². The van der Waals surface area contributed by atoms with Gasteiger partial charge in [-0.2, -0.15) is 0 Å².